The molecule has 3 nitrogen and oxygen atoms in total. The molecule has 1 aromatic heterocycles. The zero-order chi connectivity index (χ0) is 12.6. The van der Waals surface area contributed by atoms with Crippen LogP contribution in [0.3, 0.4) is 0 Å². The zero-order valence-corrected chi connectivity index (χ0v) is 10.5. The lowest BCUT2D eigenvalue weighted by molar-refractivity contribution is 0.310. The van der Waals surface area contributed by atoms with Crippen LogP contribution in [0.4, 0.5) is 0 Å². The van der Waals surface area contributed by atoms with Crippen molar-refractivity contribution in [2.24, 2.45) is 0 Å². The predicted molar refractivity (Wildman–Crippen MR) is 71.0 cm³/mol. The van der Waals surface area contributed by atoms with E-state index in [1.54, 1.807) is 7.11 Å². The molecule has 0 unspecified atom stereocenters. The first-order chi connectivity index (χ1) is 8.88. The average Bonchev–Trinajstić information content (AvgIpc) is 2.45. The van der Waals surface area contributed by atoms with Crippen molar-refractivity contribution in [2.45, 2.75) is 12.8 Å². The molecule has 0 aliphatic rings. The molecule has 2 aromatic rings. The van der Waals surface area contributed by atoms with E-state index >= 15 is 0 Å². The Morgan fingerprint density at radius 3 is 2.28 bits per heavy atom. The quantitative estimate of drug-likeness (QED) is 0.730. The third-order valence-corrected chi connectivity index (χ3v) is 2.69. The summed E-state index contributed by atoms with van der Waals surface area (Å²) in [6, 6.07) is 11.7. The van der Waals surface area contributed by atoms with Gasteiger partial charge >= 0.3 is 0 Å². The first-order valence-electron chi connectivity index (χ1n) is 6.04. The van der Waals surface area contributed by atoms with Crippen LogP contribution in [0.2, 0.25) is 0 Å². The van der Waals surface area contributed by atoms with Gasteiger partial charge in [-0.25, -0.2) is 0 Å². The fourth-order valence-electron chi connectivity index (χ4n) is 1.69. The van der Waals surface area contributed by atoms with E-state index in [2.05, 4.69) is 4.98 Å². The number of methoxy groups -OCH3 is 1. The van der Waals surface area contributed by atoms with Gasteiger partial charge in [0.05, 0.1) is 13.7 Å². The predicted octanol–water partition coefficient (Wildman–Crippen LogP) is 3.10. The summed E-state index contributed by atoms with van der Waals surface area (Å²) in [5, 5.41) is 0. The maximum atomic E-state index is 5.66. The van der Waals surface area contributed by atoms with Crippen LogP contribution in [0.5, 0.6) is 11.5 Å². The summed E-state index contributed by atoms with van der Waals surface area (Å²) >= 11 is 0. The fourth-order valence-corrected chi connectivity index (χ4v) is 1.69. The van der Waals surface area contributed by atoms with Crippen molar-refractivity contribution in [3.05, 3.63) is 54.4 Å². The SMILES string of the molecule is COc1ccc(OCCCc2ccncc2)cc1. The Morgan fingerprint density at radius 1 is 0.944 bits per heavy atom. The third-order valence-electron chi connectivity index (χ3n) is 2.69. The summed E-state index contributed by atoms with van der Waals surface area (Å²) in [5.41, 5.74) is 1.29. The molecule has 94 valence electrons. The summed E-state index contributed by atoms with van der Waals surface area (Å²) in [5.74, 6) is 1.73. The van der Waals surface area contributed by atoms with Crippen molar-refractivity contribution in [1.29, 1.82) is 0 Å². The van der Waals surface area contributed by atoms with Crippen molar-refractivity contribution >= 4 is 0 Å². The van der Waals surface area contributed by atoms with Gasteiger partial charge in [0, 0.05) is 12.4 Å². The topological polar surface area (TPSA) is 31.4 Å². The number of hydrogen-bond donors (Lipinski definition) is 0. The highest BCUT2D eigenvalue weighted by molar-refractivity contribution is 5.31. The van der Waals surface area contributed by atoms with E-state index < -0.39 is 0 Å². The van der Waals surface area contributed by atoms with Crippen molar-refractivity contribution in [1.82, 2.24) is 4.98 Å². The minimum Gasteiger partial charge on any atom is -0.497 e. The van der Waals surface area contributed by atoms with Gasteiger partial charge in [0.1, 0.15) is 11.5 Å². The van der Waals surface area contributed by atoms with Crippen LogP contribution in [-0.4, -0.2) is 18.7 Å². The number of benzene rings is 1. The Hall–Kier alpha value is -2.03. The maximum absolute atomic E-state index is 5.66. The van der Waals surface area contributed by atoms with Crippen LogP contribution in [0.15, 0.2) is 48.8 Å². The summed E-state index contributed by atoms with van der Waals surface area (Å²) in [4.78, 5) is 3.99. The van der Waals surface area contributed by atoms with E-state index in [1.165, 1.54) is 5.56 Å². The van der Waals surface area contributed by atoms with Gasteiger partial charge in [-0.05, 0) is 54.8 Å². The van der Waals surface area contributed by atoms with Gasteiger partial charge in [-0.1, -0.05) is 0 Å². The summed E-state index contributed by atoms with van der Waals surface area (Å²) in [6.45, 7) is 0.717. The van der Waals surface area contributed by atoms with Gasteiger partial charge in [-0.15, -0.1) is 0 Å². The second-order valence-corrected chi connectivity index (χ2v) is 3.98. The minimum atomic E-state index is 0.717. The minimum absolute atomic E-state index is 0.717. The lowest BCUT2D eigenvalue weighted by atomic mass is 10.1. The Bertz CT molecular complexity index is 454. The second-order valence-electron chi connectivity index (χ2n) is 3.98. The van der Waals surface area contributed by atoms with Crippen LogP contribution in [0.1, 0.15) is 12.0 Å². The molecule has 0 saturated carbocycles. The maximum Gasteiger partial charge on any atom is 0.119 e. The molecule has 2 rings (SSSR count). The summed E-state index contributed by atoms with van der Waals surface area (Å²) < 4.78 is 10.7. The van der Waals surface area contributed by atoms with Crippen LogP contribution in [-0.2, 0) is 6.42 Å². The zero-order valence-electron chi connectivity index (χ0n) is 10.5. The fraction of sp³-hybridized carbons (Fsp3) is 0.267. The molecule has 0 fully saturated rings. The molecule has 0 aliphatic heterocycles. The molecule has 0 saturated heterocycles. The number of pyridine rings is 1. The molecule has 0 aliphatic carbocycles. The van der Waals surface area contributed by atoms with E-state index in [1.807, 2.05) is 48.8 Å². The Labute approximate surface area is 107 Å². The second kappa shape index (κ2) is 6.64. The van der Waals surface area contributed by atoms with Gasteiger partial charge in [-0.2, -0.15) is 0 Å². The van der Waals surface area contributed by atoms with Gasteiger partial charge in [0.25, 0.3) is 0 Å². The van der Waals surface area contributed by atoms with Crippen LogP contribution in [0.25, 0.3) is 0 Å². The molecule has 0 spiro atoms. The van der Waals surface area contributed by atoms with Crippen LogP contribution >= 0.6 is 0 Å². The van der Waals surface area contributed by atoms with Crippen molar-refractivity contribution < 1.29 is 9.47 Å². The number of nitrogens with zero attached hydrogens (tertiary/aromatic N) is 1. The molecule has 1 heterocycles. The first-order valence-corrected chi connectivity index (χ1v) is 6.04. The lowest BCUT2D eigenvalue weighted by Crippen LogP contribution is -1.99. The number of rotatable bonds is 6. The Balaban J connectivity index is 1.72. The number of aryl methyl sites for hydroxylation is 1. The molecule has 1 aromatic carbocycles. The summed E-state index contributed by atoms with van der Waals surface area (Å²) in [6.07, 6.45) is 5.65. The molecule has 0 radical (unpaired) electrons. The van der Waals surface area contributed by atoms with Gasteiger partial charge < -0.3 is 9.47 Å². The number of aromatic nitrogens is 1. The first kappa shape index (κ1) is 12.4. The highest BCUT2D eigenvalue weighted by atomic mass is 16.5. The standard InChI is InChI=1S/C15H17NO2/c1-17-14-4-6-15(7-5-14)18-12-2-3-13-8-10-16-11-9-13/h4-11H,2-3,12H2,1H3. The Kier molecular flexibility index (Phi) is 4.59. The molecule has 0 amide bonds. The van der Waals surface area contributed by atoms with E-state index in [0.29, 0.717) is 6.61 Å². The third kappa shape index (κ3) is 3.77. The summed E-state index contributed by atoms with van der Waals surface area (Å²) in [7, 11) is 1.66. The monoisotopic (exact) mass is 243 g/mol. The normalized spacial score (nSPS) is 10.1. The van der Waals surface area contributed by atoms with E-state index in [9.17, 15) is 0 Å². The molecule has 3 heteroatoms. The average molecular weight is 243 g/mol. The Morgan fingerprint density at radius 2 is 1.61 bits per heavy atom. The smallest absolute Gasteiger partial charge is 0.119 e. The van der Waals surface area contributed by atoms with Crippen LogP contribution in [0, 0.1) is 0 Å². The van der Waals surface area contributed by atoms with Crippen molar-refractivity contribution in [2.75, 3.05) is 13.7 Å². The van der Waals surface area contributed by atoms with Crippen molar-refractivity contribution in [3.8, 4) is 11.5 Å². The van der Waals surface area contributed by atoms with Gasteiger partial charge in [0.15, 0.2) is 0 Å². The molecule has 0 bridgehead atoms. The molecule has 0 N–H and O–H groups in total. The molecule has 18 heavy (non-hydrogen) atoms. The number of ether oxygens (including phenoxy) is 2. The van der Waals surface area contributed by atoms with Gasteiger partial charge in [0.2, 0.25) is 0 Å². The van der Waals surface area contributed by atoms with Gasteiger partial charge in [-0.3, -0.25) is 4.98 Å². The molecule has 0 atom stereocenters. The molecular formula is C15H17NO2. The van der Waals surface area contributed by atoms with Crippen molar-refractivity contribution in [3.63, 3.8) is 0 Å². The molecular weight excluding hydrogens is 226 g/mol. The largest absolute Gasteiger partial charge is 0.497 e. The van der Waals surface area contributed by atoms with Crippen LogP contribution < -0.4 is 9.47 Å². The highest BCUT2D eigenvalue weighted by Crippen LogP contribution is 2.17. The van der Waals surface area contributed by atoms with E-state index in [-0.39, 0.29) is 0 Å². The number of hydrogen-bond acceptors (Lipinski definition) is 3. The van der Waals surface area contributed by atoms with E-state index in [0.717, 1.165) is 24.3 Å². The highest BCUT2D eigenvalue weighted by Gasteiger charge is 1.96. The lowest BCUT2D eigenvalue weighted by Gasteiger charge is -2.07. The van der Waals surface area contributed by atoms with E-state index in [4.69, 9.17) is 9.47 Å².